The number of aryl methyl sites for hydroxylation is 1. The topological polar surface area (TPSA) is 67.9 Å². The van der Waals surface area contributed by atoms with Gasteiger partial charge in [-0.25, -0.2) is 4.79 Å². The lowest BCUT2D eigenvalue weighted by molar-refractivity contribution is 0.339. The van der Waals surface area contributed by atoms with Gasteiger partial charge in [0.15, 0.2) is 0 Å². The first-order valence-corrected chi connectivity index (χ1v) is 5.35. The van der Waals surface area contributed by atoms with Gasteiger partial charge in [0.05, 0.1) is 18.5 Å². The van der Waals surface area contributed by atoms with Crippen LogP contribution in [0.15, 0.2) is 29.3 Å². The normalized spacial score (nSPS) is 10.2. The molecule has 0 bridgehead atoms. The average Bonchev–Trinajstić information content (AvgIpc) is 2.28. The molecule has 0 saturated carbocycles. The van der Waals surface area contributed by atoms with Crippen LogP contribution in [-0.2, 0) is 0 Å². The average molecular weight is 231 g/mol. The first-order valence-electron chi connectivity index (χ1n) is 5.35. The van der Waals surface area contributed by atoms with Crippen LogP contribution in [0.2, 0.25) is 0 Å². The van der Waals surface area contributed by atoms with Crippen molar-refractivity contribution in [3.63, 3.8) is 0 Å². The maximum absolute atomic E-state index is 11.3. The van der Waals surface area contributed by atoms with E-state index in [1.807, 2.05) is 19.9 Å². The van der Waals surface area contributed by atoms with E-state index in [4.69, 9.17) is 4.74 Å². The summed E-state index contributed by atoms with van der Waals surface area (Å²) in [5.74, 6) is 0.671. The first-order chi connectivity index (χ1) is 8.19. The number of H-pyrrole nitrogens is 1. The molecule has 2 aromatic heterocycles. The van der Waals surface area contributed by atoms with Crippen molar-refractivity contribution in [1.29, 1.82) is 0 Å². The highest BCUT2D eigenvalue weighted by Gasteiger charge is 2.04. The van der Waals surface area contributed by atoms with E-state index in [9.17, 15) is 4.79 Å². The molecule has 1 N–H and O–H groups in total. The molecule has 0 aliphatic carbocycles. The molecule has 88 valence electrons. The standard InChI is InChI=1S/C12H13N3O2/c1-3-17-10-5-9(6-13-7-10)11-4-8(2)14-12(16)15-11/h4-7H,3H2,1-2H3,(H,14,15,16). The molecule has 2 heterocycles. The Bertz CT molecular complexity index is 578. The Kier molecular flexibility index (Phi) is 3.18. The van der Waals surface area contributed by atoms with E-state index < -0.39 is 0 Å². The molecular formula is C12H13N3O2. The highest BCUT2D eigenvalue weighted by atomic mass is 16.5. The van der Waals surface area contributed by atoms with E-state index in [-0.39, 0.29) is 5.69 Å². The fraction of sp³-hybridized carbons (Fsp3) is 0.250. The van der Waals surface area contributed by atoms with Gasteiger partial charge in [-0.3, -0.25) is 4.98 Å². The molecule has 0 saturated heterocycles. The number of hydrogen-bond acceptors (Lipinski definition) is 4. The van der Waals surface area contributed by atoms with E-state index in [0.29, 0.717) is 18.1 Å². The smallest absolute Gasteiger partial charge is 0.345 e. The Hall–Kier alpha value is -2.17. The minimum Gasteiger partial charge on any atom is -0.492 e. The minimum absolute atomic E-state index is 0.359. The molecule has 0 amide bonds. The van der Waals surface area contributed by atoms with Crippen LogP contribution in [0.3, 0.4) is 0 Å². The Morgan fingerprint density at radius 3 is 2.88 bits per heavy atom. The van der Waals surface area contributed by atoms with Crippen molar-refractivity contribution in [2.24, 2.45) is 0 Å². The first kappa shape index (κ1) is 11.3. The van der Waals surface area contributed by atoms with Gasteiger partial charge in [-0.15, -0.1) is 0 Å². The quantitative estimate of drug-likeness (QED) is 0.870. The number of rotatable bonds is 3. The molecule has 0 fully saturated rings. The molecule has 0 aliphatic heterocycles. The summed E-state index contributed by atoms with van der Waals surface area (Å²) in [6.45, 7) is 4.29. The molecule has 0 aliphatic rings. The highest BCUT2D eigenvalue weighted by molar-refractivity contribution is 5.59. The van der Waals surface area contributed by atoms with Crippen molar-refractivity contribution in [1.82, 2.24) is 15.0 Å². The second-order valence-electron chi connectivity index (χ2n) is 3.60. The van der Waals surface area contributed by atoms with Crippen molar-refractivity contribution in [3.8, 4) is 17.0 Å². The number of nitrogens with zero attached hydrogens (tertiary/aromatic N) is 2. The summed E-state index contributed by atoms with van der Waals surface area (Å²) in [5.41, 5.74) is 1.77. The maximum atomic E-state index is 11.3. The Labute approximate surface area is 98.5 Å². The Balaban J connectivity index is 2.45. The van der Waals surface area contributed by atoms with E-state index in [0.717, 1.165) is 11.3 Å². The number of hydrogen-bond donors (Lipinski definition) is 1. The van der Waals surface area contributed by atoms with Crippen molar-refractivity contribution >= 4 is 0 Å². The van der Waals surface area contributed by atoms with Crippen LogP contribution in [-0.4, -0.2) is 21.6 Å². The van der Waals surface area contributed by atoms with Crippen LogP contribution in [0, 0.1) is 6.92 Å². The summed E-state index contributed by atoms with van der Waals surface area (Å²) < 4.78 is 5.35. The molecule has 0 spiro atoms. The molecule has 0 unspecified atom stereocenters. The van der Waals surface area contributed by atoms with Gasteiger partial charge >= 0.3 is 5.69 Å². The lowest BCUT2D eigenvalue weighted by Gasteiger charge is -2.05. The number of nitrogens with one attached hydrogen (secondary N) is 1. The molecule has 17 heavy (non-hydrogen) atoms. The minimum atomic E-state index is -0.359. The predicted molar refractivity (Wildman–Crippen MR) is 64.0 cm³/mol. The summed E-state index contributed by atoms with van der Waals surface area (Å²) in [4.78, 5) is 21.8. The summed E-state index contributed by atoms with van der Waals surface area (Å²) in [6.07, 6.45) is 3.29. The summed E-state index contributed by atoms with van der Waals surface area (Å²) in [5, 5.41) is 0. The monoisotopic (exact) mass is 231 g/mol. The van der Waals surface area contributed by atoms with Crippen LogP contribution in [0.1, 0.15) is 12.6 Å². The van der Waals surface area contributed by atoms with Gasteiger partial charge in [-0.1, -0.05) is 0 Å². The van der Waals surface area contributed by atoms with E-state index in [2.05, 4.69) is 15.0 Å². The summed E-state index contributed by atoms with van der Waals surface area (Å²) in [7, 11) is 0. The van der Waals surface area contributed by atoms with Crippen LogP contribution in [0.4, 0.5) is 0 Å². The third-order valence-corrected chi connectivity index (χ3v) is 2.20. The SMILES string of the molecule is CCOc1cncc(-c2cc(C)[nH]c(=O)n2)c1. The van der Waals surface area contributed by atoms with E-state index in [1.54, 1.807) is 18.5 Å². The van der Waals surface area contributed by atoms with Gasteiger partial charge in [0.1, 0.15) is 5.75 Å². The van der Waals surface area contributed by atoms with Gasteiger partial charge in [-0.2, -0.15) is 4.98 Å². The zero-order chi connectivity index (χ0) is 12.3. The molecule has 2 rings (SSSR count). The maximum Gasteiger partial charge on any atom is 0.345 e. The Morgan fingerprint density at radius 2 is 2.18 bits per heavy atom. The molecule has 5 heteroatoms. The van der Waals surface area contributed by atoms with E-state index >= 15 is 0 Å². The number of ether oxygens (including phenoxy) is 1. The largest absolute Gasteiger partial charge is 0.492 e. The van der Waals surface area contributed by atoms with Gasteiger partial charge < -0.3 is 9.72 Å². The van der Waals surface area contributed by atoms with E-state index in [1.165, 1.54) is 0 Å². The van der Waals surface area contributed by atoms with Crippen molar-refractivity contribution in [2.45, 2.75) is 13.8 Å². The van der Waals surface area contributed by atoms with Crippen LogP contribution < -0.4 is 10.4 Å². The molecule has 0 radical (unpaired) electrons. The second kappa shape index (κ2) is 4.78. The molecule has 5 nitrogen and oxygen atoms in total. The molecular weight excluding hydrogens is 218 g/mol. The van der Waals surface area contributed by atoms with Crippen LogP contribution in [0.25, 0.3) is 11.3 Å². The molecule has 2 aromatic rings. The Morgan fingerprint density at radius 1 is 1.35 bits per heavy atom. The molecule has 0 atom stereocenters. The third-order valence-electron chi connectivity index (χ3n) is 2.20. The summed E-state index contributed by atoms with van der Waals surface area (Å²) in [6, 6.07) is 3.62. The fourth-order valence-electron chi connectivity index (χ4n) is 1.53. The van der Waals surface area contributed by atoms with Gasteiger partial charge in [0.2, 0.25) is 0 Å². The van der Waals surface area contributed by atoms with Crippen molar-refractivity contribution in [2.75, 3.05) is 6.61 Å². The lowest BCUT2D eigenvalue weighted by atomic mass is 10.2. The van der Waals surface area contributed by atoms with Crippen LogP contribution in [0.5, 0.6) is 5.75 Å². The summed E-state index contributed by atoms with van der Waals surface area (Å²) >= 11 is 0. The van der Waals surface area contributed by atoms with Gasteiger partial charge in [0, 0.05) is 17.5 Å². The second-order valence-corrected chi connectivity index (χ2v) is 3.60. The van der Waals surface area contributed by atoms with Gasteiger partial charge in [-0.05, 0) is 26.0 Å². The van der Waals surface area contributed by atoms with Gasteiger partial charge in [0.25, 0.3) is 0 Å². The fourth-order valence-corrected chi connectivity index (χ4v) is 1.53. The number of aromatic nitrogens is 3. The lowest BCUT2D eigenvalue weighted by Crippen LogP contribution is -2.12. The van der Waals surface area contributed by atoms with Crippen molar-refractivity contribution < 1.29 is 4.74 Å². The number of pyridine rings is 1. The third kappa shape index (κ3) is 2.69. The van der Waals surface area contributed by atoms with Crippen LogP contribution >= 0.6 is 0 Å². The molecule has 0 aromatic carbocycles. The highest BCUT2D eigenvalue weighted by Crippen LogP contribution is 2.20. The zero-order valence-corrected chi connectivity index (χ0v) is 9.73. The van der Waals surface area contributed by atoms with Crippen molar-refractivity contribution in [3.05, 3.63) is 40.7 Å². The predicted octanol–water partition coefficient (Wildman–Crippen LogP) is 1.54. The number of aromatic amines is 1. The zero-order valence-electron chi connectivity index (χ0n) is 9.73.